The fourth-order valence-corrected chi connectivity index (χ4v) is 3.21. The lowest BCUT2D eigenvalue weighted by Crippen LogP contribution is -2.22. The molecule has 5 heteroatoms. The van der Waals surface area contributed by atoms with E-state index in [9.17, 15) is 4.79 Å². The number of aromatic nitrogens is 4. The van der Waals surface area contributed by atoms with Crippen molar-refractivity contribution in [3.63, 3.8) is 0 Å². The van der Waals surface area contributed by atoms with E-state index in [0.717, 1.165) is 12.1 Å². The van der Waals surface area contributed by atoms with Crippen LogP contribution in [0.2, 0.25) is 0 Å². The van der Waals surface area contributed by atoms with E-state index >= 15 is 0 Å². The van der Waals surface area contributed by atoms with Crippen LogP contribution in [0, 0.1) is 13.8 Å². The average Bonchev–Trinajstić information content (AvgIpc) is 2.88. The molecule has 2 heterocycles. The van der Waals surface area contributed by atoms with Crippen molar-refractivity contribution in [3.8, 4) is 0 Å². The van der Waals surface area contributed by atoms with E-state index in [1.807, 2.05) is 13.0 Å². The summed E-state index contributed by atoms with van der Waals surface area (Å²) in [6.45, 7) is 3.91. The third-order valence-electron chi connectivity index (χ3n) is 4.26. The Morgan fingerprint density at radius 1 is 1.23 bits per heavy atom. The lowest BCUT2D eigenvalue weighted by atomic mass is 9.82. The molecule has 4 rings (SSSR count). The molecular formula is C17H16N4O. The van der Waals surface area contributed by atoms with Gasteiger partial charge in [-0.2, -0.15) is 10.1 Å². The maximum Gasteiger partial charge on any atom is 0.252 e. The van der Waals surface area contributed by atoms with Gasteiger partial charge in [0, 0.05) is 12.6 Å². The second-order valence-electron chi connectivity index (χ2n) is 5.93. The number of ketones is 1. The number of hydrogen-bond donors (Lipinski definition) is 0. The predicted molar refractivity (Wildman–Crippen MR) is 82.1 cm³/mol. The normalized spacial score (nSPS) is 17.7. The molecule has 110 valence electrons. The summed E-state index contributed by atoms with van der Waals surface area (Å²) in [6, 6.07) is 8.38. The van der Waals surface area contributed by atoms with Gasteiger partial charge in [0.15, 0.2) is 5.78 Å². The molecule has 0 radical (unpaired) electrons. The first kappa shape index (κ1) is 13.1. The van der Waals surface area contributed by atoms with Crippen molar-refractivity contribution in [1.29, 1.82) is 0 Å². The number of aryl methyl sites for hydroxylation is 2. The quantitative estimate of drug-likeness (QED) is 0.692. The van der Waals surface area contributed by atoms with Crippen molar-refractivity contribution in [2.45, 2.75) is 32.6 Å². The molecule has 1 aliphatic carbocycles. The van der Waals surface area contributed by atoms with Gasteiger partial charge in [-0.1, -0.05) is 29.8 Å². The van der Waals surface area contributed by atoms with E-state index in [1.165, 1.54) is 11.1 Å². The van der Waals surface area contributed by atoms with Crippen LogP contribution in [-0.4, -0.2) is 25.4 Å². The molecule has 22 heavy (non-hydrogen) atoms. The highest BCUT2D eigenvalue weighted by atomic mass is 16.1. The van der Waals surface area contributed by atoms with Crippen molar-refractivity contribution in [1.82, 2.24) is 19.6 Å². The van der Waals surface area contributed by atoms with Crippen LogP contribution in [0.4, 0.5) is 0 Å². The Balaban J connectivity index is 1.84. The van der Waals surface area contributed by atoms with Gasteiger partial charge in [0.2, 0.25) is 0 Å². The zero-order valence-corrected chi connectivity index (χ0v) is 12.6. The Morgan fingerprint density at radius 3 is 2.91 bits per heavy atom. The zero-order chi connectivity index (χ0) is 15.3. The monoisotopic (exact) mass is 292 g/mol. The molecule has 0 saturated heterocycles. The second kappa shape index (κ2) is 4.73. The van der Waals surface area contributed by atoms with Crippen molar-refractivity contribution in [2.75, 3.05) is 0 Å². The molecule has 0 amide bonds. The van der Waals surface area contributed by atoms with E-state index in [1.54, 1.807) is 10.7 Å². The van der Waals surface area contributed by atoms with E-state index < -0.39 is 0 Å². The molecule has 0 spiro atoms. The van der Waals surface area contributed by atoms with E-state index in [0.29, 0.717) is 23.6 Å². The molecule has 1 unspecified atom stereocenters. The molecule has 1 aliphatic rings. The van der Waals surface area contributed by atoms with Crippen molar-refractivity contribution in [2.24, 2.45) is 0 Å². The van der Waals surface area contributed by atoms with Crippen LogP contribution in [-0.2, 0) is 6.42 Å². The number of carbonyl (C=O) groups is 1. The van der Waals surface area contributed by atoms with Crippen LogP contribution < -0.4 is 0 Å². The first-order chi connectivity index (χ1) is 10.6. The Labute approximate surface area is 128 Å². The summed E-state index contributed by atoms with van der Waals surface area (Å²) >= 11 is 0. The highest BCUT2D eigenvalue weighted by molar-refractivity contribution is 5.98. The Kier molecular flexibility index (Phi) is 2.82. The van der Waals surface area contributed by atoms with Crippen molar-refractivity contribution < 1.29 is 4.79 Å². The number of rotatable bonds is 1. The Hall–Kier alpha value is -2.56. The number of Topliss-reactive ketones (excluding diaryl/α,β-unsaturated/α-hetero) is 1. The van der Waals surface area contributed by atoms with Crippen LogP contribution in [0.15, 0.2) is 30.5 Å². The topological polar surface area (TPSA) is 60.2 Å². The standard InChI is InChI=1S/C17H16N4O/c1-10-4-3-5-12(6-10)13-7-15-14(16(22)8-13)9-18-17-19-11(2)20-21(15)17/h3-6,9,13H,7-8H2,1-2H3. The SMILES string of the molecule is Cc1cccc(C2CC(=O)c3cnc4nc(C)nn4c3C2)c1. The fourth-order valence-electron chi connectivity index (χ4n) is 3.21. The summed E-state index contributed by atoms with van der Waals surface area (Å²) in [6.07, 6.45) is 2.96. The number of benzene rings is 1. The number of nitrogens with zero attached hydrogens (tertiary/aromatic N) is 4. The Bertz CT molecular complexity index is 897. The molecule has 0 N–H and O–H groups in total. The van der Waals surface area contributed by atoms with E-state index in [4.69, 9.17) is 0 Å². The van der Waals surface area contributed by atoms with Gasteiger partial charge < -0.3 is 0 Å². The number of hydrogen-bond acceptors (Lipinski definition) is 4. The van der Waals surface area contributed by atoms with Crippen molar-refractivity contribution in [3.05, 3.63) is 58.7 Å². The maximum absolute atomic E-state index is 12.5. The summed E-state index contributed by atoms with van der Waals surface area (Å²) in [5, 5.41) is 4.40. The highest BCUT2D eigenvalue weighted by Gasteiger charge is 2.29. The lowest BCUT2D eigenvalue weighted by Gasteiger charge is -2.24. The minimum absolute atomic E-state index is 0.135. The summed E-state index contributed by atoms with van der Waals surface area (Å²) in [5.74, 6) is 1.56. The molecular weight excluding hydrogens is 276 g/mol. The molecule has 1 atom stereocenters. The van der Waals surface area contributed by atoms with Gasteiger partial charge in [-0.15, -0.1) is 0 Å². The van der Waals surface area contributed by atoms with E-state index in [2.05, 4.69) is 40.2 Å². The molecule has 1 aromatic carbocycles. The van der Waals surface area contributed by atoms with Gasteiger partial charge in [-0.05, 0) is 31.7 Å². The zero-order valence-electron chi connectivity index (χ0n) is 12.6. The van der Waals surface area contributed by atoms with Gasteiger partial charge in [-0.3, -0.25) is 4.79 Å². The second-order valence-corrected chi connectivity index (χ2v) is 5.93. The van der Waals surface area contributed by atoms with Gasteiger partial charge in [0.05, 0.1) is 11.3 Å². The minimum Gasteiger partial charge on any atom is -0.294 e. The number of fused-ring (bicyclic) bond motifs is 3. The summed E-state index contributed by atoms with van der Waals surface area (Å²) in [7, 11) is 0. The molecule has 5 nitrogen and oxygen atoms in total. The summed E-state index contributed by atoms with van der Waals surface area (Å²) < 4.78 is 1.73. The molecule has 0 saturated carbocycles. The van der Waals surface area contributed by atoms with Crippen molar-refractivity contribution >= 4 is 11.6 Å². The Morgan fingerprint density at radius 2 is 2.09 bits per heavy atom. The highest BCUT2D eigenvalue weighted by Crippen LogP contribution is 2.32. The summed E-state index contributed by atoms with van der Waals surface area (Å²) in [5.41, 5.74) is 4.03. The van der Waals surface area contributed by atoms with E-state index in [-0.39, 0.29) is 11.7 Å². The van der Waals surface area contributed by atoms with Crippen LogP contribution in [0.3, 0.4) is 0 Å². The molecule has 3 aromatic rings. The smallest absolute Gasteiger partial charge is 0.252 e. The molecule has 2 aromatic heterocycles. The van der Waals surface area contributed by atoms with Gasteiger partial charge in [0.25, 0.3) is 5.78 Å². The van der Waals surface area contributed by atoms with Crippen LogP contribution in [0.5, 0.6) is 0 Å². The van der Waals surface area contributed by atoms with Gasteiger partial charge >= 0.3 is 0 Å². The largest absolute Gasteiger partial charge is 0.294 e. The lowest BCUT2D eigenvalue weighted by molar-refractivity contribution is 0.0962. The molecule has 0 bridgehead atoms. The van der Waals surface area contributed by atoms with Gasteiger partial charge in [-0.25, -0.2) is 9.50 Å². The first-order valence-corrected chi connectivity index (χ1v) is 7.43. The first-order valence-electron chi connectivity index (χ1n) is 7.43. The molecule has 0 aliphatic heterocycles. The van der Waals surface area contributed by atoms with Crippen LogP contribution >= 0.6 is 0 Å². The average molecular weight is 292 g/mol. The maximum atomic E-state index is 12.5. The predicted octanol–water partition coefficient (Wildman–Crippen LogP) is 2.65. The summed E-state index contributed by atoms with van der Waals surface area (Å²) in [4.78, 5) is 21.0. The number of carbonyl (C=O) groups excluding carboxylic acids is 1. The fraction of sp³-hybridized carbons (Fsp3) is 0.294. The van der Waals surface area contributed by atoms with Crippen LogP contribution in [0.1, 0.15) is 45.3 Å². The van der Waals surface area contributed by atoms with Crippen LogP contribution in [0.25, 0.3) is 5.78 Å². The third-order valence-corrected chi connectivity index (χ3v) is 4.26. The van der Waals surface area contributed by atoms with Gasteiger partial charge in [0.1, 0.15) is 5.82 Å². The minimum atomic E-state index is 0.135. The molecule has 0 fully saturated rings. The third kappa shape index (κ3) is 2.01.